The number of anilines is 1. The Bertz CT molecular complexity index is 447. The van der Waals surface area contributed by atoms with Crippen molar-refractivity contribution < 1.29 is 4.79 Å². The number of nitrogens with two attached hydrogens (primary N) is 1. The Morgan fingerprint density at radius 1 is 1.32 bits per heavy atom. The van der Waals surface area contributed by atoms with Gasteiger partial charge in [0.05, 0.1) is 0 Å². The first kappa shape index (κ1) is 15.2. The standard InChI is InChI=1S/C15H23N3O/c1-15(2,18(3)4)11-17-14(19)10-7-12-5-8-13(16)9-6-12/h5-10H,11,16H2,1-4H3,(H,17,19)/b10-7+. The molecule has 104 valence electrons. The summed E-state index contributed by atoms with van der Waals surface area (Å²) in [7, 11) is 3.99. The third kappa shape index (κ3) is 5.14. The van der Waals surface area contributed by atoms with E-state index in [0.29, 0.717) is 12.2 Å². The van der Waals surface area contributed by atoms with Gasteiger partial charge in [-0.25, -0.2) is 0 Å². The highest BCUT2D eigenvalue weighted by Crippen LogP contribution is 2.08. The zero-order valence-corrected chi connectivity index (χ0v) is 12.1. The maximum absolute atomic E-state index is 11.7. The summed E-state index contributed by atoms with van der Waals surface area (Å²) in [6.45, 7) is 4.76. The van der Waals surface area contributed by atoms with Crippen LogP contribution in [0.5, 0.6) is 0 Å². The van der Waals surface area contributed by atoms with Crippen molar-refractivity contribution in [2.45, 2.75) is 19.4 Å². The third-order valence-electron chi connectivity index (χ3n) is 3.27. The number of likely N-dealkylation sites (N-methyl/N-ethyl adjacent to an activating group) is 1. The fourth-order valence-electron chi connectivity index (χ4n) is 1.30. The van der Waals surface area contributed by atoms with E-state index in [1.165, 1.54) is 6.08 Å². The van der Waals surface area contributed by atoms with Crippen LogP contribution in [0.2, 0.25) is 0 Å². The van der Waals surface area contributed by atoms with E-state index in [-0.39, 0.29) is 11.4 Å². The van der Waals surface area contributed by atoms with Crippen LogP contribution in [0.25, 0.3) is 6.08 Å². The molecule has 0 fully saturated rings. The minimum Gasteiger partial charge on any atom is -0.399 e. The van der Waals surface area contributed by atoms with E-state index in [1.54, 1.807) is 6.08 Å². The second kappa shape index (κ2) is 6.38. The number of carbonyl (C=O) groups excluding carboxylic acids is 1. The molecular weight excluding hydrogens is 238 g/mol. The first-order valence-electron chi connectivity index (χ1n) is 6.30. The van der Waals surface area contributed by atoms with Crippen molar-refractivity contribution in [3.63, 3.8) is 0 Å². The number of hydrogen-bond acceptors (Lipinski definition) is 3. The Labute approximate surface area is 115 Å². The van der Waals surface area contributed by atoms with Crippen molar-refractivity contribution in [1.29, 1.82) is 0 Å². The molecule has 1 aromatic rings. The van der Waals surface area contributed by atoms with Gasteiger partial charge >= 0.3 is 0 Å². The van der Waals surface area contributed by atoms with E-state index < -0.39 is 0 Å². The molecule has 0 saturated carbocycles. The van der Waals surface area contributed by atoms with E-state index in [4.69, 9.17) is 5.73 Å². The summed E-state index contributed by atoms with van der Waals surface area (Å²) in [4.78, 5) is 13.8. The van der Waals surface area contributed by atoms with Crippen molar-refractivity contribution >= 4 is 17.7 Å². The lowest BCUT2D eigenvalue weighted by atomic mass is 10.0. The second-order valence-electron chi connectivity index (χ2n) is 5.42. The number of nitrogen functional groups attached to an aromatic ring is 1. The molecule has 3 N–H and O–H groups in total. The van der Waals surface area contributed by atoms with Crippen LogP contribution in [0.15, 0.2) is 30.3 Å². The van der Waals surface area contributed by atoms with Crippen molar-refractivity contribution in [2.75, 3.05) is 26.4 Å². The topological polar surface area (TPSA) is 58.4 Å². The minimum atomic E-state index is -0.0910. The summed E-state index contributed by atoms with van der Waals surface area (Å²) < 4.78 is 0. The van der Waals surface area contributed by atoms with Crippen LogP contribution in [0.1, 0.15) is 19.4 Å². The zero-order valence-electron chi connectivity index (χ0n) is 12.1. The molecule has 0 radical (unpaired) electrons. The highest BCUT2D eigenvalue weighted by molar-refractivity contribution is 5.91. The van der Waals surface area contributed by atoms with Gasteiger partial charge in [-0.05, 0) is 51.7 Å². The van der Waals surface area contributed by atoms with Crippen LogP contribution in [0.4, 0.5) is 5.69 Å². The van der Waals surface area contributed by atoms with E-state index in [0.717, 1.165) is 5.56 Å². The molecule has 19 heavy (non-hydrogen) atoms. The van der Waals surface area contributed by atoms with Crippen molar-refractivity contribution in [1.82, 2.24) is 10.2 Å². The van der Waals surface area contributed by atoms with Gasteiger partial charge in [-0.1, -0.05) is 12.1 Å². The first-order valence-corrected chi connectivity index (χ1v) is 6.30. The van der Waals surface area contributed by atoms with E-state index >= 15 is 0 Å². The van der Waals surface area contributed by atoms with Crippen LogP contribution in [0.3, 0.4) is 0 Å². The normalized spacial score (nSPS) is 12.1. The molecule has 4 heteroatoms. The fraction of sp³-hybridized carbons (Fsp3) is 0.400. The summed E-state index contributed by atoms with van der Waals surface area (Å²) in [5.41, 5.74) is 7.21. The highest BCUT2D eigenvalue weighted by Gasteiger charge is 2.20. The molecular formula is C15H23N3O. The first-order chi connectivity index (χ1) is 8.81. The van der Waals surface area contributed by atoms with Gasteiger partial charge in [-0.2, -0.15) is 0 Å². The Kier molecular flexibility index (Phi) is 5.12. The summed E-state index contributed by atoms with van der Waals surface area (Å²) in [6.07, 6.45) is 3.31. The number of nitrogens with zero attached hydrogens (tertiary/aromatic N) is 1. The van der Waals surface area contributed by atoms with Crippen LogP contribution in [-0.4, -0.2) is 37.0 Å². The van der Waals surface area contributed by atoms with Gasteiger partial charge in [0.15, 0.2) is 0 Å². The van der Waals surface area contributed by atoms with Crippen molar-refractivity contribution in [3.05, 3.63) is 35.9 Å². The smallest absolute Gasteiger partial charge is 0.244 e. The molecule has 4 nitrogen and oxygen atoms in total. The highest BCUT2D eigenvalue weighted by atomic mass is 16.1. The molecule has 0 spiro atoms. The monoisotopic (exact) mass is 261 g/mol. The molecule has 0 aliphatic carbocycles. The summed E-state index contributed by atoms with van der Waals surface area (Å²) >= 11 is 0. The SMILES string of the molecule is CN(C)C(C)(C)CNC(=O)/C=C/c1ccc(N)cc1. The molecule has 0 unspecified atom stereocenters. The Hall–Kier alpha value is -1.81. The van der Waals surface area contributed by atoms with Crippen molar-refractivity contribution in [2.24, 2.45) is 0 Å². The Morgan fingerprint density at radius 2 is 1.89 bits per heavy atom. The number of hydrogen-bond donors (Lipinski definition) is 2. The Morgan fingerprint density at radius 3 is 2.42 bits per heavy atom. The van der Waals surface area contributed by atoms with Gasteiger partial charge in [0.25, 0.3) is 0 Å². The quantitative estimate of drug-likeness (QED) is 0.627. The average molecular weight is 261 g/mol. The van der Waals surface area contributed by atoms with Gasteiger partial charge in [0.2, 0.25) is 5.91 Å². The Balaban J connectivity index is 2.50. The third-order valence-corrected chi connectivity index (χ3v) is 3.27. The number of nitrogens with one attached hydrogen (secondary N) is 1. The lowest BCUT2D eigenvalue weighted by Crippen LogP contribution is -2.47. The number of amides is 1. The molecule has 1 rings (SSSR count). The summed E-state index contributed by atoms with van der Waals surface area (Å²) in [6, 6.07) is 7.38. The molecule has 0 aliphatic rings. The number of rotatable bonds is 5. The lowest BCUT2D eigenvalue weighted by Gasteiger charge is -2.32. The summed E-state index contributed by atoms with van der Waals surface area (Å²) in [5.74, 6) is -0.0910. The molecule has 0 saturated heterocycles. The van der Waals surface area contributed by atoms with Crippen LogP contribution in [0, 0.1) is 0 Å². The van der Waals surface area contributed by atoms with Gasteiger partial charge < -0.3 is 16.0 Å². The number of carbonyl (C=O) groups is 1. The molecule has 0 aromatic heterocycles. The van der Waals surface area contributed by atoms with Gasteiger partial charge in [-0.15, -0.1) is 0 Å². The fourth-order valence-corrected chi connectivity index (χ4v) is 1.30. The second-order valence-corrected chi connectivity index (χ2v) is 5.42. The zero-order chi connectivity index (χ0) is 14.5. The van der Waals surface area contributed by atoms with Gasteiger partial charge in [0.1, 0.15) is 0 Å². The maximum atomic E-state index is 11.7. The van der Waals surface area contributed by atoms with Gasteiger partial charge in [0, 0.05) is 23.8 Å². The van der Waals surface area contributed by atoms with Crippen LogP contribution in [-0.2, 0) is 4.79 Å². The molecule has 1 amide bonds. The molecule has 0 heterocycles. The van der Waals surface area contributed by atoms with Crippen molar-refractivity contribution in [3.8, 4) is 0 Å². The molecule has 0 bridgehead atoms. The predicted molar refractivity (Wildman–Crippen MR) is 80.7 cm³/mol. The van der Waals surface area contributed by atoms with Crippen LogP contribution >= 0.6 is 0 Å². The number of benzene rings is 1. The van der Waals surface area contributed by atoms with Crippen LogP contribution < -0.4 is 11.1 Å². The lowest BCUT2D eigenvalue weighted by molar-refractivity contribution is -0.116. The average Bonchev–Trinajstić information content (AvgIpc) is 2.35. The largest absolute Gasteiger partial charge is 0.399 e. The predicted octanol–water partition coefficient (Wildman–Crippen LogP) is 1.74. The minimum absolute atomic E-state index is 0.0648. The molecule has 1 aromatic carbocycles. The van der Waals surface area contributed by atoms with E-state index in [9.17, 15) is 4.79 Å². The van der Waals surface area contributed by atoms with E-state index in [1.807, 2.05) is 38.4 Å². The molecule has 0 atom stereocenters. The maximum Gasteiger partial charge on any atom is 0.244 e. The molecule has 0 aliphatic heterocycles. The summed E-state index contributed by atoms with van der Waals surface area (Å²) in [5, 5.41) is 2.89. The van der Waals surface area contributed by atoms with E-state index in [2.05, 4.69) is 24.1 Å². The van der Waals surface area contributed by atoms with Gasteiger partial charge in [-0.3, -0.25) is 4.79 Å².